The summed E-state index contributed by atoms with van der Waals surface area (Å²) < 4.78 is 28.7. The molecule has 2 heterocycles. The van der Waals surface area contributed by atoms with Gasteiger partial charge in [-0.15, -0.1) is 0 Å². The molecule has 2 N–H and O–H groups in total. The molecule has 1 fully saturated rings. The van der Waals surface area contributed by atoms with Gasteiger partial charge in [-0.1, -0.05) is 0 Å². The van der Waals surface area contributed by atoms with Crippen LogP contribution in [0.1, 0.15) is 0 Å². The van der Waals surface area contributed by atoms with E-state index in [4.69, 9.17) is 10.4 Å². The molecule has 1 unspecified atom stereocenters. The monoisotopic (exact) mass is 314 g/mol. The second-order valence-corrected chi connectivity index (χ2v) is 8.04. The fourth-order valence-electron chi connectivity index (χ4n) is 2.32. The first-order valence-corrected chi connectivity index (χ1v) is 9.13. The maximum atomic E-state index is 12.0. The number of hydrogen-bond acceptors (Lipinski definition) is 8. The second-order valence-electron chi connectivity index (χ2n) is 4.69. The van der Waals surface area contributed by atoms with Crippen molar-refractivity contribution in [1.29, 1.82) is 0 Å². The molecule has 108 valence electrons. The third kappa shape index (κ3) is 2.20. The molecule has 1 atom stereocenters. The Morgan fingerprint density at radius 2 is 2.15 bits per heavy atom. The lowest BCUT2D eigenvalue weighted by Gasteiger charge is -2.35. The fraction of sp³-hybridized carbons (Fsp3) is 0.455. The summed E-state index contributed by atoms with van der Waals surface area (Å²) in [6.45, 7) is 0.633. The van der Waals surface area contributed by atoms with Crippen LogP contribution >= 0.6 is 11.8 Å². The van der Waals surface area contributed by atoms with E-state index in [2.05, 4.69) is 10.3 Å². The minimum Gasteiger partial charge on any atom is -0.397 e. The van der Waals surface area contributed by atoms with Gasteiger partial charge in [-0.2, -0.15) is 11.8 Å². The van der Waals surface area contributed by atoms with Crippen LogP contribution in [0.5, 0.6) is 0 Å². The standard InChI is InChI=1S/C11H14N4O3S2/c1-20(16,17)9-6-19-5-4-15(9)8-3-2-7(12)10-11(8)14-18-13-10/h2-3,9H,4-6,12H2,1H3. The second kappa shape index (κ2) is 4.81. The molecule has 9 heteroatoms. The summed E-state index contributed by atoms with van der Waals surface area (Å²) in [5, 5.41) is 7.07. The summed E-state index contributed by atoms with van der Waals surface area (Å²) in [7, 11) is -3.19. The lowest BCUT2D eigenvalue weighted by molar-refractivity contribution is 0.315. The summed E-state index contributed by atoms with van der Waals surface area (Å²) >= 11 is 1.63. The quantitative estimate of drug-likeness (QED) is 0.809. The summed E-state index contributed by atoms with van der Waals surface area (Å²) in [5.74, 6) is 1.40. The first kappa shape index (κ1) is 13.5. The minimum atomic E-state index is -3.19. The summed E-state index contributed by atoms with van der Waals surface area (Å²) in [4.78, 5) is 1.85. The Morgan fingerprint density at radius 1 is 1.40 bits per heavy atom. The summed E-state index contributed by atoms with van der Waals surface area (Å²) in [6.07, 6.45) is 1.26. The number of fused-ring (bicyclic) bond motifs is 1. The normalized spacial score (nSPS) is 20.4. The van der Waals surface area contributed by atoms with Crippen molar-refractivity contribution < 1.29 is 13.0 Å². The average molecular weight is 314 g/mol. The van der Waals surface area contributed by atoms with Crippen molar-refractivity contribution in [2.24, 2.45) is 0 Å². The number of nitrogens with two attached hydrogens (primary N) is 1. The third-order valence-electron chi connectivity index (χ3n) is 3.31. The van der Waals surface area contributed by atoms with Gasteiger partial charge in [0.15, 0.2) is 20.9 Å². The zero-order valence-electron chi connectivity index (χ0n) is 10.8. The molecule has 1 aliphatic rings. The number of benzene rings is 1. The number of anilines is 2. The van der Waals surface area contributed by atoms with E-state index >= 15 is 0 Å². The van der Waals surface area contributed by atoms with Crippen LogP contribution < -0.4 is 10.6 Å². The van der Waals surface area contributed by atoms with Gasteiger partial charge in [0.1, 0.15) is 5.37 Å². The van der Waals surface area contributed by atoms with E-state index in [0.29, 0.717) is 34.7 Å². The molecule has 1 aromatic heterocycles. The average Bonchev–Trinajstić information content (AvgIpc) is 2.88. The van der Waals surface area contributed by atoms with Crippen LogP contribution in [0.4, 0.5) is 11.4 Å². The minimum absolute atomic E-state index is 0.465. The van der Waals surface area contributed by atoms with E-state index in [-0.39, 0.29) is 0 Å². The summed E-state index contributed by atoms with van der Waals surface area (Å²) in [6, 6.07) is 3.47. The van der Waals surface area contributed by atoms with E-state index in [1.807, 2.05) is 4.90 Å². The predicted molar refractivity (Wildman–Crippen MR) is 79.5 cm³/mol. The maximum Gasteiger partial charge on any atom is 0.169 e. The molecule has 3 rings (SSSR count). The Hall–Kier alpha value is -1.48. The highest BCUT2D eigenvalue weighted by molar-refractivity contribution is 8.01. The van der Waals surface area contributed by atoms with Crippen molar-refractivity contribution in [3.05, 3.63) is 12.1 Å². The highest BCUT2D eigenvalue weighted by Gasteiger charge is 2.32. The first-order valence-electron chi connectivity index (χ1n) is 6.02. The van der Waals surface area contributed by atoms with E-state index in [1.165, 1.54) is 6.26 Å². The van der Waals surface area contributed by atoms with Gasteiger partial charge in [0.25, 0.3) is 0 Å². The molecule has 20 heavy (non-hydrogen) atoms. The molecule has 0 aliphatic carbocycles. The third-order valence-corrected chi connectivity index (χ3v) is 5.96. The zero-order valence-corrected chi connectivity index (χ0v) is 12.4. The van der Waals surface area contributed by atoms with E-state index in [0.717, 1.165) is 5.75 Å². The van der Waals surface area contributed by atoms with Gasteiger partial charge in [0.05, 0.1) is 11.4 Å². The molecule has 2 aromatic rings. The van der Waals surface area contributed by atoms with Crippen LogP contribution in [0.3, 0.4) is 0 Å². The lowest BCUT2D eigenvalue weighted by Crippen LogP contribution is -2.47. The topological polar surface area (TPSA) is 102 Å². The van der Waals surface area contributed by atoms with Crippen LogP contribution in [0.2, 0.25) is 0 Å². The Bertz CT molecular complexity index is 743. The van der Waals surface area contributed by atoms with Gasteiger partial charge in [-0.3, -0.25) is 0 Å². The number of thioether (sulfide) groups is 1. The molecule has 0 radical (unpaired) electrons. The molecule has 0 bridgehead atoms. The first-order chi connectivity index (χ1) is 9.48. The highest BCUT2D eigenvalue weighted by Crippen LogP contribution is 2.33. The number of rotatable bonds is 2. The Balaban J connectivity index is 2.13. The lowest BCUT2D eigenvalue weighted by atomic mass is 10.2. The van der Waals surface area contributed by atoms with Gasteiger partial charge in [-0.25, -0.2) is 13.0 Å². The summed E-state index contributed by atoms with van der Waals surface area (Å²) in [5.41, 5.74) is 7.95. The van der Waals surface area contributed by atoms with Crippen molar-refractivity contribution in [1.82, 2.24) is 10.3 Å². The van der Waals surface area contributed by atoms with E-state index in [9.17, 15) is 8.42 Å². The van der Waals surface area contributed by atoms with Crippen LogP contribution in [0, 0.1) is 0 Å². The zero-order chi connectivity index (χ0) is 14.3. The Labute approximate surface area is 120 Å². The van der Waals surface area contributed by atoms with Gasteiger partial charge < -0.3 is 10.6 Å². The molecular formula is C11H14N4O3S2. The van der Waals surface area contributed by atoms with Crippen LogP contribution in [-0.4, -0.2) is 48.4 Å². The van der Waals surface area contributed by atoms with Crippen LogP contribution in [0.15, 0.2) is 16.8 Å². The molecule has 0 amide bonds. The number of aromatic nitrogens is 2. The fourth-order valence-corrected chi connectivity index (χ4v) is 5.15. The maximum absolute atomic E-state index is 12.0. The SMILES string of the molecule is CS(=O)(=O)C1CSCCN1c1ccc(N)c2nonc12. The van der Waals surface area contributed by atoms with E-state index in [1.54, 1.807) is 23.9 Å². The van der Waals surface area contributed by atoms with Crippen molar-refractivity contribution in [2.45, 2.75) is 5.37 Å². The van der Waals surface area contributed by atoms with Gasteiger partial charge in [0, 0.05) is 24.3 Å². The Morgan fingerprint density at radius 3 is 2.90 bits per heavy atom. The van der Waals surface area contributed by atoms with Gasteiger partial charge >= 0.3 is 0 Å². The molecule has 0 spiro atoms. The predicted octanol–water partition coefficient (Wildman–Crippen LogP) is 0.729. The van der Waals surface area contributed by atoms with Crippen molar-refractivity contribution >= 4 is 44.0 Å². The molecule has 1 aliphatic heterocycles. The van der Waals surface area contributed by atoms with E-state index < -0.39 is 15.2 Å². The van der Waals surface area contributed by atoms with Crippen molar-refractivity contribution in [3.63, 3.8) is 0 Å². The molecule has 1 saturated heterocycles. The largest absolute Gasteiger partial charge is 0.397 e. The Kier molecular flexibility index (Phi) is 3.25. The van der Waals surface area contributed by atoms with Crippen molar-refractivity contribution in [3.8, 4) is 0 Å². The number of hydrogen-bond donors (Lipinski definition) is 1. The molecule has 7 nitrogen and oxygen atoms in total. The van der Waals surface area contributed by atoms with Crippen LogP contribution in [0.25, 0.3) is 11.0 Å². The van der Waals surface area contributed by atoms with Crippen molar-refractivity contribution in [2.75, 3.05) is 34.9 Å². The highest BCUT2D eigenvalue weighted by atomic mass is 32.2. The van der Waals surface area contributed by atoms with Gasteiger partial charge in [-0.05, 0) is 22.4 Å². The smallest absolute Gasteiger partial charge is 0.169 e. The molecule has 0 saturated carbocycles. The number of nitrogen functional groups attached to an aromatic ring is 1. The van der Waals surface area contributed by atoms with Crippen LogP contribution in [-0.2, 0) is 9.84 Å². The molecular weight excluding hydrogens is 300 g/mol. The molecule has 1 aromatic carbocycles. The van der Waals surface area contributed by atoms with Gasteiger partial charge in [0.2, 0.25) is 0 Å². The number of sulfone groups is 1. The number of nitrogens with zero attached hydrogens (tertiary/aromatic N) is 3.